The van der Waals surface area contributed by atoms with E-state index in [0.29, 0.717) is 9.20 Å². The Bertz CT molecular complexity index is 433. The van der Waals surface area contributed by atoms with Crippen molar-refractivity contribution in [3.63, 3.8) is 0 Å². The number of aliphatic hydroxyl groups is 1. The van der Waals surface area contributed by atoms with Gasteiger partial charge in [0.2, 0.25) is 5.69 Å². The molecule has 17 heavy (non-hydrogen) atoms. The number of nitrogens with zero attached hydrogens (tertiary/aromatic N) is 1. The van der Waals surface area contributed by atoms with Gasteiger partial charge < -0.3 is 15.1 Å². The highest BCUT2D eigenvalue weighted by Gasteiger charge is 2.41. The normalized spacial score (nSPS) is 13.2. The minimum atomic E-state index is -1.24. The summed E-state index contributed by atoms with van der Waals surface area (Å²) >= 11 is 3.14. The molecule has 1 N–H and O–H groups in total. The fraction of sp³-hybridized carbons (Fsp3) is 0.455. The molecule has 0 spiro atoms. The molecule has 0 saturated carbocycles. The van der Waals surface area contributed by atoms with E-state index < -0.39 is 17.5 Å². The summed E-state index contributed by atoms with van der Waals surface area (Å²) in [6.45, 7) is 3.04. The van der Waals surface area contributed by atoms with Gasteiger partial charge in [0, 0.05) is 6.07 Å². The average Bonchev–Trinajstić information content (AvgIpc) is 2.27. The largest absolute Gasteiger partial charge is 0.618 e. The molecule has 94 valence electrons. The van der Waals surface area contributed by atoms with Crippen LogP contribution in [0.4, 0.5) is 0 Å². The number of aromatic nitrogens is 1. The highest BCUT2D eigenvalue weighted by Crippen LogP contribution is 2.33. The molecule has 1 aromatic rings. The lowest BCUT2D eigenvalue weighted by Gasteiger charge is -2.26. The van der Waals surface area contributed by atoms with Crippen molar-refractivity contribution < 1.29 is 19.4 Å². The first-order valence-corrected chi connectivity index (χ1v) is 5.75. The van der Waals surface area contributed by atoms with Gasteiger partial charge in [-0.25, -0.2) is 0 Å². The van der Waals surface area contributed by atoms with Gasteiger partial charge in [-0.1, -0.05) is 0 Å². The van der Waals surface area contributed by atoms with Crippen LogP contribution >= 0.6 is 15.9 Å². The Kier molecular flexibility index (Phi) is 4.11. The molecule has 6 heteroatoms. The van der Waals surface area contributed by atoms with Crippen molar-refractivity contribution in [2.75, 3.05) is 7.11 Å². The molecule has 0 saturated heterocycles. The van der Waals surface area contributed by atoms with Gasteiger partial charge in [0.1, 0.15) is 0 Å². The van der Waals surface area contributed by atoms with Gasteiger partial charge in [-0.2, -0.15) is 4.73 Å². The predicted molar refractivity (Wildman–Crippen MR) is 63.9 cm³/mol. The molecule has 5 nitrogen and oxygen atoms in total. The Hall–Kier alpha value is -1.14. The Morgan fingerprint density at radius 3 is 2.65 bits per heavy atom. The molecule has 0 aliphatic carbocycles. The molecular weight excluding hydrogens is 290 g/mol. The van der Waals surface area contributed by atoms with E-state index in [1.54, 1.807) is 6.07 Å². The van der Waals surface area contributed by atoms with Gasteiger partial charge in [-0.15, -0.1) is 0 Å². The van der Waals surface area contributed by atoms with E-state index in [0.717, 1.165) is 0 Å². The van der Waals surface area contributed by atoms with E-state index in [9.17, 15) is 15.1 Å². The molecule has 0 aliphatic rings. The van der Waals surface area contributed by atoms with Gasteiger partial charge >= 0.3 is 5.97 Å². The van der Waals surface area contributed by atoms with Crippen molar-refractivity contribution in [3.8, 4) is 0 Å². The van der Waals surface area contributed by atoms with Crippen LogP contribution in [0.15, 0.2) is 22.8 Å². The molecule has 1 heterocycles. The van der Waals surface area contributed by atoms with Gasteiger partial charge in [0.25, 0.3) is 0 Å². The quantitative estimate of drug-likeness (QED) is 0.519. The van der Waals surface area contributed by atoms with Crippen molar-refractivity contribution in [2.24, 2.45) is 5.41 Å². The van der Waals surface area contributed by atoms with E-state index in [-0.39, 0.29) is 5.69 Å². The van der Waals surface area contributed by atoms with E-state index in [1.807, 2.05) is 0 Å². The molecule has 1 aromatic heterocycles. The van der Waals surface area contributed by atoms with Gasteiger partial charge in [-0.05, 0) is 35.8 Å². The number of hydrogen-bond acceptors (Lipinski definition) is 4. The summed E-state index contributed by atoms with van der Waals surface area (Å²) in [4.78, 5) is 11.5. The first-order valence-electron chi connectivity index (χ1n) is 4.95. The maximum absolute atomic E-state index is 11.6. The molecule has 0 unspecified atom stereocenters. The number of carbonyl (C=O) groups is 1. The van der Waals surface area contributed by atoms with Crippen LogP contribution in [-0.2, 0) is 9.53 Å². The molecule has 0 aliphatic heterocycles. The molecule has 0 bridgehead atoms. The summed E-state index contributed by atoms with van der Waals surface area (Å²) in [5.74, 6) is -0.576. The van der Waals surface area contributed by atoms with Crippen molar-refractivity contribution in [2.45, 2.75) is 20.0 Å². The number of esters is 1. The van der Waals surface area contributed by atoms with Gasteiger partial charge in [-0.3, -0.25) is 4.79 Å². The third-order valence-electron chi connectivity index (χ3n) is 2.58. The number of rotatable bonds is 3. The minimum absolute atomic E-state index is 0.101. The number of halogens is 1. The zero-order chi connectivity index (χ0) is 13.2. The smallest absolute Gasteiger partial charge is 0.314 e. The number of hydrogen-bond donors (Lipinski definition) is 1. The summed E-state index contributed by atoms with van der Waals surface area (Å²) in [6, 6.07) is 3.09. The Balaban J connectivity index is 3.11. The average molecular weight is 304 g/mol. The number of carbonyl (C=O) groups excluding carboxylic acids is 1. The fourth-order valence-corrected chi connectivity index (χ4v) is 1.74. The lowest BCUT2D eigenvalue weighted by Crippen LogP contribution is -2.41. The van der Waals surface area contributed by atoms with Crippen LogP contribution in [0.2, 0.25) is 0 Å². The predicted octanol–water partition coefficient (Wildman–Crippen LogP) is 1.32. The van der Waals surface area contributed by atoms with E-state index in [4.69, 9.17) is 0 Å². The number of ether oxygens (including phenoxy) is 1. The summed E-state index contributed by atoms with van der Waals surface area (Å²) < 4.78 is 5.73. The van der Waals surface area contributed by atoms with E-state index in [1.165, 1.54) is 33.2 Å². The summed E-state index contributed by atoms with van der Waals surface area (Å²) in [5.41, 5.74) is -1.09. The molecular formula is C11H14BrNO4. The van der Waals surface area contributed by atoms with E-state index >= 15 is 0 Å². The minimum Gasteiger partial charge on any atom is -0.618 e. The lowest BCUT2D eigenvalue weighted by molar-refractivity contribution is -0.620. The van der Waals surface area contributed by atoms with Crippen LogP contribution in [-0.4, -0.2) is 18.2 Å². The molecule has 0 aromatic carbocycles. The van der Waals surface area contributed by atoms with Crippen LogP contribution in [0.5, 0.6) is 0 Å². The lowest BCUT2D eigenvalue weighted by atomic mass is 9.84. The van der Waals surface area contributed by atoms with Crippen molar-refractivity contribution in [1.82, 2.24) is 0 Å². The molecule has 1 atom stereocenters. The van der Waals surface area contributed by atoms with Crippen LogP contribution in [0, 0.1) is 10.6 Å². The van der Waals surface area contributed by atoms with Crippen LogP contribution in [0.25, 0.3) is 0 Å². The molecule has 0 radical (unpaired) electrons. The third kappa shape index (κ3) is 2.76. The van der Waals surface area contributed by atoms with Crippen molar-refractivity contribution in [3.05, 3.63) is 33.7 Å². The number of aliphatic hydroxyl groups excluding tert-OH is 1. The third-order valence-corrected chi connectivity index (χ3v) is 3.05. The summed E-state index contributed by atoms with van der Waals surface area (Å²) in [6.07, 6.45) is 0.0342. The summed E-state index contributed by atoms with van der Waals surface area (Å²) in [5, 5.41) is 21.7. The highest BCUT2D eigenvalue weighted by atomic mass is 79.9. The number of methoxy groups -OCH3 is 1. The molecule has 0 amide bonds. The second kappa shape index (κ2) is 5.01. The first kappa shape index (κ1) is 13.9. The topological polar surface area (TPSA) is 73.5 Å². The van der Waals surface area contributed by atoms with Crippen LogP contribution in [0.1, 0.15) is 25.6 Å². The molecule has 1 rings (SSSR count). The Labute approximate surface area is 108 Å². The fourth-order valence-electron chi connectivity index (χ4n) is 1.42. The SMILES string of the molecule is COC(=O)C(C)(C)[C@H](O)c1ccc(Br)c[n+]1[O-]. The van der Waals surface area contributed by atoms with Crippen LogP contribution in [0.3, 0.4) is 0 Å². The van der Waals surface area contributed by atoms with Gasteiger partial charge in [0.05, 0.1) is 17.0 Å². The second-order valence-corrected chi connectivity index (χ2v) is 5.13. The zero-order valence-corrected chi connectivity index (χ0v) is 11.4. The maximum atomic E-state index is 11.6. The maximum Gasteiger partial charge on any atom is 0.314 e. The number of pyridine rings is 1. The van der Waals surface area contributed by atoms with Crippen molar-refractivity contribution in [1.29, 1.82) is 0 Å². The monoisotopic (exact) mass is 303 g/mol. The van der Waals surface area contributed by atoms with Crippen LogP contribution < -0.4 is 4.73 Å². The summed E-state index contributed by atoms with van der Waals surface area (Å²) in [7, 11) is 1.24. The second-order valence-electron chi connectivity index (χ2n) is 4.21. The Morgan fingerprint density at radius 2 is 2.18 bits per heavy atom. The van der Waals surface area contributed by atoms with Crippen molar-refractivity contribution >= 4 is 21.9 Å². The highest BCUT2D eigenvalue weighted by molar-refractivity contribution is 9.10. The van der Waals surface area contributed by atoms with E-state index in [2.05, 4.69) is 20.7 Å². The Morgan fingerprint density at radius 1 is 1.59 bits per heavy atom. The zero-order valence-electron chi connectivity index (χ0n) is 9.81. The standard InChI is InChI=1S/C11H14BrNO4/c1-11(2,10(15)17-3)9(14)8-5-4-7(12)6-13(8)16/h4-6,9,14H,1-3H3/t9-/m1/s1. The first-order chi connectivity index (χ1) is 7.80. The van der Waals surface area contributed by atoms with Gasteiger partial charge in [0.15, 0.2) is 12.3 Å². The molecule has 0 fully saturated rings.